The van der Waals surface area contributed by atoms with Crippen LogP contribution in [0.15, 0.2) is 0 Å². The van der Waals surface area contributed by atoms with Gasteiger partial charge >= 0.3 is 0 Å². The molecule has 4 N–H and O–H groups in total. The van der Waals surface area contributed by atoms with E-state index >= 15 is 0 Å². The van der Waals surface area contributed by atoms with Gasteiger partial charge in [-0.3, -0.25) is 9.69 Å². The van der Waals surface area contributed by atoms with Crippen LogP contribution in [0.3, 0.4) is 0 Å². The Hall–Kier alpha value is -0.650. The molecule has 5 nitrogen and oxygen atoms in total. The van der Waals surface area contributed by atoms with Gasteiger partial charge in [0.15, 0.2) is 0 Å². The lowest BCUT2D eigenvalue weighted by Crippen LogP contribution is -2.62. The van der Waals surface area contributed by atoms with Gasteiger partial charge < -0.3 is 16.2 Å². The number of hydrogen-bond donors (Lipinski definition) is 2. The number of carbonyl (C=O) groups excluding carboxylic acids is 1. The Morgan fingerprint density at radius 3 is 2.88 bits per heavy atom. The zero-order valence-corrected chi connectivity index (χ0v) is 10.5. The summed E-state index contributed by atoms with van der Waals surface area (Å²) in [5.41, 5.74) is 10.3. The molecule has 17 heavy (non-hydrogen) atoms. The number of fused-ring (bicyclic) bond motifs is 1. The lowest BCUT2D eigenvalue weighted by Gasteiger charge is -2.45. The van der Waals surface area contributed by atoms with E-state index in [0.29, 0.717) is 18.7 Å². The minimum Gasteiger partial charge on any atom is -0.375 e. The molecular weight excluding hydrogens is 218 g/mol. The molecule has 1 saturated carbocycles. The molecule has 0 radical (unpaired) electrons. The zero-order chi connectivity index (χ0) is 12.5. The van der Waals surface area contributed by atoms with Gasteiger partial charge in [-0.1, -0.05) is 12.8 Å². The fourth-order valence-corrected chi connectivity index (χ4v) is 2.87. The number of hydrogen-bond acceptors (Lipinski definition) is 4. The molecule has 0 aromatic rings. The molecule has 5 heteroatoms. The van der Waals surface area contributed by atoms with Crippen molar-refractivity contribution in [1.82, 2.24) is 4.90 Å². The number of nitrogens with zero attached hydrogens (tertiary/aromatic N) is 1. The van der Waals surface area contributed by atoms with Gasteiger partial charge in [0.1, 0.15) is 5.54 Å². The third-order valence-corrected chi connectivity index (χ3v) is 3.94. The highest BCUT2D eigenvalue weighted by Crippen LogP contribution is 2.28. The summed E-state index contributed by atoms with van der Waals surface area (Å²) in [5, 5.41) is 0. The van der Waals surface area contributed by atoms with E-state index in [4.69, 9.17) is 16.2 Å². The van der Waals surface area contributed by atoms with Gasteiger partial charge in [-0.05, 0) is 19.8 Å². The SMILES string of the molecule is CC(N)(CN1CCOC2CCCCC21)C(N)=O. The van der Waals surface area contributed by atoms with Crippen molar-refractivity contribution in [2.75, 3.05) is 19.7 Å². The van der Waals surface area contributed by atoms with Crippen molar-refractivity contribution in [3.63, 3.8) is 0 Å². The van der Waals surface area contributed by atoms with Crippen molar-refractivity contribution in [1.29, 1.82) is 0 Å². The van der Waals surface area contributed by atoms with Gasteiger partial charge in [-0.2, -0.15) is 0 Å². The van der Waals surface area contributed by atoms with Crippen molar-refractivity contribution in [3.8, 4) is 0 Å². The monoisotopic (exact) mass is 241 g/mol. The van der Waals surface area contributed by atoms with Gasteiger partial charge in [0.2, 0.25) is 5.91 Å². The summed E-state index contributed by atoms with van der Waals surface area (Å²) in [4.78, 5) is 13.6. The Balaban J connectivity index is 2.01. The Labute approximate surface area is 102 Å². The lowest BCUT2D eigenvalue weighted by atomic mass is 9.89. The molecule has 0 bridgehead atoms. The second-order valence-corrected chi connectivity index (χ2v) is 5.51. The molecule has 1 saturated heterocycles. The molecule has 2 rings (SSSR count). The van der Waals surface area contributed by atoms with Crippen LogP contribution in [0.5, 0.6) is 0 Å². The number of carbonyl (C=O) groups is 1. The van der Waals surface area contributed by atoms with Crippen LogP contribution in [0.25, 0.3) is 0 Å². The quantitative estimate of drug-likeness (QED) is 0.719. The minimum atomic E-state index is -0.945. The summed E-state index contributed by atoms with van der Waals surface area (Å²) >= 11 is 0. The number of morpholine rings is 1. The van der Waals surface area contributed by atoms with E-state index in [1.54, 1.807) is 6.92 Å². The predicted molar refractivity (Wildman–Crippen MR) is 65.4 cm³/mol. The van der Waals surface area contributed by atoms with Crippen molar-refractivity contribution >= 4 is 5.91 Å². The van der Waals surface area contributed by atoms with Gasteiger partial charge in [-0.25, -0.2) is 0 Å². The largest absolute Gasteiger partial charge is 0.375 e. The Morgan fingerprint density at radius 1 is 1.47 bits per heavy atom. The lowest BCUT2D eigenvalue weighted by molar-refractivity contribution is -0.127. The van der Waals surface area contributed by atoms with E-state index in [1.807, 2.05) is 0 Å². The van der Waals surface area contributed by atoms with E-state index in [0.717, 1.165) is 26.0 Å². The molecule has 2 fully saturated rings. The van der Waals surface area contributed by atoms with Crippen molar-refractivity contribution in [2.24, 2.45) is 11.5 Å². The van der Waals surface area contributed by atoms with E-state index in [1.165, 1.54) is 12.8 Å². The van der Waals surface area contributed by atoms with E-state index in [-0.39, 0.29) is 0 Å². The summed E-state index contributed by atoms with van der Waals surface area (Å²) in [6, 6.07) is 0.416. The fourth-order valence-electron chi connectivity index (χ4n) is 2.87. The number of amides is 1. The maximum atomic E-state index is 11.3. The number of ether oxygens (including phenoxy) is 1. The van der Waals surface area contributed by atoms with Crippen LogP contribution in [0, 0.1) is 0 Å². The predicted octanol–water partition coefficient (Wildman–Crippen LogP) is -0.167. The molecule has 2 aliphatic rings. The first-order valence-electron chi connectivity index (χ1n) is 6.45. The van der Waals surface area contributed by atoms with Gasteiger partial charge in [-0.15, -0.1) is 0 Å². The maximum absolute atomic E-state index is 11.3. The van der Waals surface area contributed by atoms with Crippen LogP contribution in [0.1, 0.15) is 32.6 Å². The van der Waals surface area contributed by atoms with E-state index < -0.39 is 11.4 Å². The van der Waals surface area contributed by atoms with E-state index in [9.17, 15) is 4.79 Å². The van der Waals surface area contributed by atoms with Crippen molar-refractivity contribution < 1.29 is 9.53 Å². The Bertz CT molecular complexity index is 291. The summed E-state index contributed by atoms with van der Waals surface area (Å²) < 4.78 is 5.79. The molecule has 3 unspecified atom stereocenters. The topological polar surface area (TPSA) is 81.6 Å². The first kappa shape index (κ1) is 12.8. The summed E-state index contributed by atoms with van der Waals surface area (Å²) in [7, 11) is 0. The number of rotatable bonds is 3. The first-order valence-corrected chi connectivity index (χ1v) is 6.45. The molecular formula is C12H23N3O2. The van der Waals surface area contributed by atoms with Crippen LogP contribution < -0.4 is 11.5 Å². The average molecular weight is 241 g/mol. The smallest absolute Gasteiger partial charge is 0.238 e. The van der Waals surface area contributed by atoms with Gasteiger partial charge in [0.05, 0.1) is 12.7 Å². The molecule has 3 atom stereocenters. The van der Waals surface area contributed by atoms with Crippen LogP contribution >= 0.6 is 0 Å². The Kier molecular flexibility index (Phi) is 3.70. The zero-order valence-electron chi connectivity index (χ0n) is 10.5. The number of primary amides is 1. The Morgan fingerprint density at radius 2 is 2.18 bits per heavy atom. The normalized spacial score (nSPS) is 33.8. The second-order valence-electron chi connectivity index (χ2n) is 5.51. The van der Waals surface area contributed by atoms with Crippen LogP contribution in [0.2, 0.25) is 0 Å². The highest BCUT2D eigenvalue weighted by molar-refractivity contribution is 5.84. The molecule has 0 aromatic heterocycles. The van der Waals surface area contributed by atoms with Crippen molar-refractivity contribution in [2.45, 2.75) is 50.3 Å². The molecule has 1 aliphatic carbocycles. The van der Waals surface area contributed by atoms with Crippen LogP contribution in [-0.2, 0) is 9.53 Å². The second kappa shape index (κ2) is 4.92. The van der Waals surface area contributed by atoms with Gasteiger partial charge in [0.25, 0.3) is 0 Å². The highest BCUT2D eigenvalue weighted by Gasteiger charge is 2.38. The van der Waals surface area contributed by atoms with Crippen molar-refractivity contribution in [3.05, 3.63) is 0 Å². The summed E-state index contributed by atoms with van der Waals surface area (Å²) in [6.45, 7) is 3.83. The molecule has 1 amide bonds. The van der Waals surface area contributed by atoms with Crippen LogP contribution in [-0.4, -0.2) is 48.2 Å². The maximum Gasteiger partial charge on any atom is 0.238 e. The molecule has 0 spiro atoms. The first-order chi connectivity index (χ1) is 8.00. The third kappa shape index (κ3) is 2.78. The molecule has 1 heterocycles. The minimum absolute atomic E-state index is 0.321. The summed E-state index contributed by atoms with van der Waals surface area (Å²) in [5.74, 6) is -0.434. The highest BCUT2D eigenvalue weighted by atomic mass is 16.5. The molecule has 1 aliphatic heterocycles. The third-order valence-electron chi connectivity index (χ3n) is 3.94. The molecule has 0 aromatic carbocycles. The average Bonchev–Trinajstić information content (AvgIpc) is 2.29. The van der Waals surface area contributed by atoms with Crippen LogP contribution in [0.4, 0.5) is 0 Å². The van der Waals surface area contributed by atoms with E-state index in [2.05, 4.69) is 4.90 Å². The number of nitrogens with two attached hydrogens (primary N) is 2. The molecule has 98 valence electrons. The summed E-state index contributed by atoms with van der Waals surface area (Å²) in [6.07, 6.45) is 5.06. The van der Waals surface area contributed by atoms with Gasteiger partial charge in [0, 0.05) is 19.1 Å². The standard InChI is InChI=1S/C12H23N3O2/c1-12(14,11(13)16)8-15-6-7-17-10-5-3-2-4-9(10)15/h9-10H,2-8,14H2,1H3,(H2,13,16). The fraction of sp³-hybridized carbons (Fsp3) is 0.917.